The average molecular weight is 364 g/mol. The fourth-order valence-corrected chi connectivity index (χ4v) is 2.47. The van der Waals surface area contributed by atoms with E-state index in [9.17, 15) is 4.79 Å². The molecule has 3 aromatic rings. The summed E-state index contributed by atoms with van der Waals surface area (Å²) in [5.74, 6) is -0.104. The molecule has 24 heavy (non-hydrogen) atoms. The van der Waals surface area contributed by atoms with Gasteiger partial charge in [-0.2, -0.15) is 10.2 Å². The van der Waals surface area contributed by atoms with E-state index in [-0.39, 0.29) is 5.91 Å². The van der Waals surface area contributed by atoms with Crippen LogP contribution in [0, 0.1) is 0 Å². The van der Waals surface area contributed by atoms with Crippen molar-refractivity contribution in [3.8, 4) is 0 Å². The van der Waals surface area contributed by atoms with Crippen LogP contribution in [-0.2, 0) is 17.9 Å². The van der Waals surface area contributed by atoms with Gasteiger partial charge in [-0.1, -0.05) is 35.3 Å². The molecule has 1 aromatic carbocycles. The summed E-state index contributed by atoms with van der Waals surface area (Å²) in [6, 6.07) is 7.56. The standard InChI is InChI=1S/C16H15Cl2N5O/c17-13-3-1-12(2-4-13)9-23-11-15(8-20-23)21-16(24)5-6-22-10-14(18)7-19-22/h1-4,7-8,10-11H,5-6,9H2,(H,21,24). The number of benzene rings is 1. The molecule has 0 saturated heterocycles. The van der Waals surface area contributed by atoms with Gasteiger partial charge in [-0.3, -0.25) is 14.2 Å². The van der Waals surface area contributed by atoms with Gasteiger partial charge in [0.25, 0.3) is 0 Å². The first-order valence-corrected chi connectivity index (χ1v) is 8.09. The van der Waals surface area contributed by atoms with Crippen molar-refractivity contribution in [2.45, 2.75) is 19.5 Å². The van der Waals surface area contributed by atoms with Gasteiger partial charge in [-0.05, 0) is 17.7 Å². The lowest BCUT2D eigenvalue weighted by Gasteiger charge is -2.03. The van der Waals surface area contributed by atoms with Gasteiger partial charge in [0.15, 0.2) is 0 Å². The Balaban J connectivity index is 1.51. The van der Waals surface area contributed by atoms with E-state index >= 15 is 0 Å². The van der Waals surface area contributed by atoms with Gasteiger partial charge in [0, 0.05) is 30.4 Å². The minimum atomic E-state index is -0.104. The number of anilines is 1. The van der Waals surface area contributed by atoms with Crippen molar-refractivity contribution in [3.05, 3.63) is 64.7 Å². The Labute approximate surface area is 149 Å². The lowest BCUT2D eigenvalue weighted by Crippen LogP contribution is -2.14. The largest absolute Gasteiger partial charge is 0.323 e. The van der Waals surface area contributed by atoms with Crippen molar-refractivity contribution in [1.29, 1.82) is 0 Å². The third-order valence-corrected chi connectivity index (χ3v) is 3.79. The molecule has 0 fully saturated rings. The summed E-state index contributed by atoms with van der Waals surface area (Å²) in [6.45, 7) is 1.08. The molecule has 0 radical (unpaired) electrons. The average Bonchev–Trinajstić information content (AvgIpc) is 3.17. The highest BCUT2D eigenvalue weighted by atomic mass is 35.5. The molecule has 0 atom stereocenters. The number of hydrogen-bond donors (Lipinski definition) is 1. The summed E-state index contributed by atoms with van der Waals surface area (Å²) in [7, 11) is 0. The van der Waals surface area contributed by atoms with E-state index in [1.807, 2.05) is 24.3 Å². The van der Waals surface area contributed by atoms with Crippen molar-refractivity contribution < 1.29 is 4.79 Å². The number of carbonyl (C=O) groups is 1. The van der Waals surface area contributed by atoms with Gasteiger partial charge >= 0.3 is 0 Å². The highest BCUT2D eigenvalue weighted by Crippen LogP contribution is 2.12. The number of nitrogens with zero attached hydrogens (tertiary/aromatic N) is 4. The Morgan fingerprint density at radius 1 is 1.00 bits per heavy atom. The van der Waals surface area contributed by atoms with Gasteiger partial charge in [0.05, 0.1) is 29.6 Å². The molecular weight excluding hydrogens is 349 g/mol. The summed E-state index contributed by atoms with van der Waals surface area (Å²) in [5.41, 5.74) is 1.74. The molecule has 0 aliphatic rings. The molecule has 0 aliphatic carbocycles. The second-order valence-electron chi connectivity index (χ2n) is 5.27. The highest BCUT2D eigenvalue weighted by Gasteiger charge is 2.06. The van der Waals surface area contributed by atoms with Crippen LogP contribution in [0.2, 0.25) is 10.0 Å². The molecule has 124 valence electrons. The van der Waals surface area contributed by atoms with Crippen molar-refractivity contribution in [2.24, 2.45) is 0 Å². The minimum Gasteiger partial charge on any atom is -0.323 e. The van der Waals surface area contributed by atoms with Crippen molar-refractivity contribution in [1.82, 2.24) is 19.6 Å². The molecule has 0 spiro atoms. The van der Waals surface area contributed by atoms with Crippen LogP contribution in [0.3, 0.4) is 0 Å². The molecule has 8 heteroatoms. The van der Waals surface area contributed by atoms with Crippen LogP contribution in [0.4, 0.5) is 5.69 Å². The van der Waals surface area contributed by atoms with E-state index in [4.69, 9.17) is 23.2 Å². The van der Waals surface area contributed by atoms with E-state index in [0.717, 1.165) is 5.56 Å². The van der Waals surface area contributed by atoms with Crippen LogP contribution < -0.4 is 5.32 Å². The van der Waals surface area contributed by atoms with E-state index < -0.39 is 0 Å². The summed E-state index contributed by atoms with van der Waals surface area (Å²) >= 11 is 11.6. The zero-order valence-electron chi connectivity index (χ0n) is 12.7. The molecular formula is C16H15Cl2N5O. The van der Waals surface area contributed by atoms with Gasteiger partial charge in [0.2, 0.25) is 5.91 Å². The third-order valence-electron chi connectivity index (χ3n) is 3.34. The second-order valence-corrected chi connectivity index (χ2v) is 6.15. The minimum absolute atomic E-state index is 0.104. The molecule has 0 unspecified atom stereocenters. The van der Waals surface area contributed by atoms with E-state index in [1.54, 1.807) is 34.2 Å². The van der Waals surface area contributed by atoms with Crippen LogP contribution in [-0.4, -0.2) is 25.5 Å². The maximum atomic E-state index is 12.0. The predicted octanol–water partition coefficient (Wildman–Crippen LogP) is 3.46. The lowest BCUT2D eigenvalue weighted by molar-refractivity contribution is -0.116. The van der Waals surface area contributed by atoms with E-state index in [2.05, 4.69) is 15.5 Å². The van der Waals surface area contributed by atoms with E-state index in [0.29, 0.717) is 35.2 Å². The molecule has 0 aliphatic heterocycles. The van der Waals surface area contributed by atoms with Crippen molar-refractivity contribution >= 4 is 34.8 Å². The smallest absolute Gasteiger partial charge is 0.226 e. The Kier molecular flexibility index (Phi) is 5.17. The normalized spacial score (nSPS) is 10.8. The van der Waals surface area contributed by atoms with Crippen LogP contribution >= 0.6 is 23.2 Å². The number of aryl methyl sites for hydroxylation is 1. The first-order chi connectivity index (χ1) is 11.6. The molecule has 1 amide bonds. The van der Waals surface area contributed by atoms with Gasteiger partial charge < -0.3 is 5.32 Å². The highest BCUT2D eigenvalue weighted by molar-refractivity contribution is 6.30. The van der Waals surface area contributed by atoms with Crippen LogP contribution in [0.1, 0.15) is 12.0 Å². The fraction of sp³-hybridized carbons (Fsp3) is 0.188. The molecule has 6 nitrogen and oxygen atoms in total. The monoisotopic (exact) mass is 363 g/mol. The zero-order valence-corrected chi connectivity index (χ0v) is 14.2. The van der Waals surface area contributed by atoms with Gasteiger partial charge in [0.1, 0.15) is 0 Å². The molecule has 1 N–H and O–H groups in total. The SMILES string of the molecule is O=C(CCn1cc(Cl)cn1)Nc1cnn(Cc2ccc(Cl)cc2)c1. The number of nitrogens with one attached hydrogen (secondary N) is 1. The second kappa shape index (κ2) is 7.51. The third kappa shape index (κ3) is 4.59. The van der Waals surface area contributed by atoms with Crippen LogP contribution in [0.15, 0.2) is 49.1 Å². The number of aromatic nitrogens is 4. The Morgan fingerprint density at radius 3 is 2.46 bits per heavy atom. The fourth-order valence-electron chi connectivity index (χ4n) is 2.19. The van der Waals surface area contributed by atoms with Gasteiger partial charge in [-0.15, -0.1) is 0 Å². The van der Waals surface area contributed by atoms with E-state index in [1.165, 1.54) is 0 Å². The molecule has 0 saturated carbocycles. The topological polar surface area (TPSA) is 64.7 Å². The summed E-state index contributed by atoms with van der Waals surface area (Å²) < 4.78 is 3.39. The van der Waals surface area contributed by atoms with Crippen molar-refractivity contribution in [2.75, 3.05) is 5.32 Å². The number of hydrogen-bond acceptors (Lipinski definition) is 3. The molecule has 0 bridgehead atoms. The zero-order chi connectivity index (χ0) is 16.9. The maximum Gasteiger partial charge on any atom is 0.226 e. The molecule has 2 heterocycles. The summed E-state index contributed by atoms with van der Waals surface area (Å²) in [5, 5.41) is 12.3. The first-order valence-electron chi connectivity index (χ1n) is 7.33. The Hall–Kier alpha value is -2.31. The van der Waals surface area contributed by atoms with Crippen LogP contribution in [0.5, 0.6) is 0 Å². The molecule has 2 aromatic heterocycles. The first kappa shape index (κ1) is 16.5. The molecule has 3 rings (SSSR count). The predicted molar refractivity (Wildman–Crippen MR) is 93.3 cm³/mol. The number of halogens is 2. The lowest BCUT2D eigenvalue weighted by atomic mass is 10.2. The number of carbonyl (C=O) groups excluding carboxylic acids is 1. The summed E-state index contributed by atoms with van der Waals surface area (Å²) in [4.78, 5) is 12.0. The maximum absolute atomic E-state index is 12.0. The van der Waals surface area contributed by atoms with Crippen LogP contribution in [0.25, 0.3) is 0 Å². The Bertz CT molecular complexity index is 825. The summed E-state index contributed by atoms with van der Waals surface area (Å²) in [6.07, 6.45) is 6.94. The van der Waals surface area contributed by atoms with Crippen molar-refractivity contribution in [3.63, 3.8) is 0 Å². The van der Waals surface area contributed by atoms with Gasteiger partial charge in [-0.25, -0.2) is 0 Å². The quantitative estimate of drug-likeness (QED) is 0.729. The number of rotatable bonds is 6. The Morgan fingerprint density at radius 2 is 1.75 bits per heavy atom. The number of amides is 1.